The Balaban J connectivity index is 1.20. The highest BCUT2D eigenvalue weighted by Crippen LogP contribution is 2.62. The molecule has 10 heteroatoms. The Morgan fingerprint density at radius 2 is 1.93 bits per heavy atom. The largest absolute Gasteiger partial charge is 0.493 e. The number of rotatable bonds is 5. The summed E-state index contributed by atoms with van der Waals surface area (Å²) in [6.45, 7) is 3.65. The fourth-order valence-corrected chi connectivity index (χ4v) is 7.04. The molecule has 10 nitrogen and oxygen atoms in total. The monoisotopic (exact) mass is 551 g/mol. The maximum atomic E-state index is 14.1. The number of aliphatic hydroxyl groups is 1. The molecule has 2 amide bonds. The van der Waals surface area contributed by atoms with Gasteiger partial charge in [-0.15, -0.1) is 0 Å². The lowest BCUT2D eigenvalue weighted by Gasteiger charge is -2.33. The summed E-state index contributed by atoms with van der Waals surface area (Å²) in [6, 6.07) is 15.3. The molecule has 0 radical (unpaired) electrons. The van der Waals surface area contributed by atoms with E-state index in [0.29, 0.717) is 33.5 Å². The second kappa shape index (κ2) is 8.70. The Bertz CT molecular complexity index is 1890. The van der Waals surface area contributed by atoms with Crippen LogP contribution in [0.25, 0.3) is 21.9 Å². The molecule has 2 aromatic carbocycles. The summed E-state index contributed by atoms with van der Waals surface area (Å²) >= 11 is 0. The van der Waals surface area contributed by atoms with Gasteiger partial charge >= 0.3 is 5.63 Å². The maximum Gasteiger partial charge on any atom is 0.336 e. The van der Waals surface area contributed by atoms with Crippen LogP contribution in [-0.2, 0) is 14.3 Å². The van der Waals surface area contributed by atoms with Crippen molar-refractivity contribution in [3.63, 3.8) is 0 Å². The molecule has 3 aliphatic heterocycles. The lowest BCUT2D eigenvalue weighted by molar-refractivity contribution is -0.134. The van der Waals surface area contributed by atoms with E-state index in [1.54, 1.807) is 49.5 Å². The molecule has 3 aliphatic rings. The number of pyridine rings is 1. The minimum absolute atomic E-state index is 0.138. The Kier molecular flexibility index (Phi) is 5.39. The van der Waals surface area contributed by atoms with Crippen molar-refractivity contribution in [3.05, 3.63) is 76.3 Å². The molecule has 0 saturated carbocycles. The van der Waals surface area contributed by atoms with Gasteiger partial charge in [0.25, 0.3) is 0 Å². The van der Waals surface area contributed by atoms with Crippen LogP contribution in [0.1, 0.15) is 30.9 Å². The molecule has 3 fully saturated rings. The molecule has 5 unspecified atom stereocenters. The first kappa shape index (κ1) is 25.4. The highest BCUT2D eigenvalue weighted by molar-refractivity contribution is 6.26. The summed E-state index contributed by atoms with van der Waals surface area (Å²) in [5.74, 6) is -2.07. The molecular weight excluding hydrogens is 526 g/mol. The van der Waals surface area contributed by atoms with E-state index in [1.807, 2.05) is 13.0 Å². The number of aromatic nitrogens is 1. The number of carbonyl (C=O) groups is 2. The molecule has 4 aromatic rings. The van der Waals surface area contributed by atoms with Gasteiger partial charge in [-0.05, 0) is 55.8 Å². The third-order valence-electron chi connectivity index (χ3n) is 8.94. The van der Waals surface area contributed by atoms with E-state index in [1.165, 1.54) is 11.0 Å². The number of nitrogens with zero attached hydrogens (tertiary/aromatic N) is 3. The Labute approximate surface area is 233 Å². The van der Waals surface area contributed by atoms with E-state index < -0.39 is 46.6 Å². The number of nitriles is 1. The quantitative estimate of drug-likeness (QED) is 0.292. The van der Waals surface area contributed by atoms with Crippen LogP contribution in [0.5, 0.6) is 5.75 Å². The van der Waals surface area contributed by atoms with Gasteiger partial charge in [-0.2, -0.15) is 5.26 Å². The van der Waals surface area contributed by atoms with Gasteiger partial charge in [-0.3, -0.25) is 14.6 Å². The molecule has 2 aromatic heterocycles. The first-order chi connectivity index (χ1) is 19.7. The third-order valence-corrected chi connectivity index (χ3v) is 8.94. The number of fused-ring (bicyclic) bond motifs is 7. The average molecular weight is 552 g/mol. The van der Waals surface area contributed by atoms with Crippen LogP contribution < -0.4 is 15.3 Å². The van der Waals surface area contributed by atoms with Crippen molar-refractivity contribution in [2.24, 2.45) is 11.8 Å². The lowest BCUT2D eigenvalue weighted by Crippen LogP contribution is -2.49. The van der Waals surface area contributed by atoms with E-state index in [0.717, 1.165) is 10.9 Å². The summed E-state index contributed by atoms with van der Waals surface area (Å²) in [5, 5.41) is 21.9. The van der Waals surface area contributed by atoms with Crippen LogP contribution >= 0.6 is 0 Å². The molecule has 3 saturated heterocycles. The van der Waals surface area contributed by atoms with Crippen molar-refractivity contribution in [1.29, 1.82) is 5.26 Å². The maximum absolute atomic E-state index is 14.1. The van der Waals surface area contributed by atoms with Gasteiger partial charge in [0.2, 0.25) is 11.8 Å². The summed E-state index contributed by atoms with van der Waals surface area (Å²) in [6.07, 6.45) is 1.04. The van der Waals surface area contributed by atoms with Gasteiger partial charge in [-0.1, -0.05) is 0 Å². The molecule has 0 spiro atoms. The first-order valence-electron chi connectivity index (χ1n) is 13.4. The summed E-state index contributed by atoms with van der Waals surface area (Å²) in [7, 11) is 0. The Morgan fingerprint density at radius 3 is 2.73 bits per heavy atom. The minimum Gasteiger partial charge on any atom is -0.493 e. The van der Waals surface area contributed by atoms with E-state index >= 15 is 0 Å². The molecule has 5 atom stereocenters. The van der Waals surface area contributed by atoms with Gasteiger partial charge in [0.05, 0.1) is 46.9 Å². The minimum atomic E-state index is -1.24. The number of benzene rings is 2. The SMILES string of the molecule is Cc1cc(=O)oc2cc(OCCC34CC(O)C(C)(O3)C3C(=O)N(c5ccc(C#N)c6ncccc56)C(=O)C34)ccc12. The number of anilines is 1. The number of aryl methyl sites for hydroxylation is 1. The topological polar surface area (TPSA) is 143 Å². The molecule has 1 N–H and O–H groups in total. The van der Waals surface area contributed by atoms with Crippen LogP contribution in [0, 0.1) is 30.1 Å². The Morgan fingerprint density at radius 1 is 1.12 bits per heavy atom. The van der Waals surface area contributed by atoms with Crippen molar-refractivity contribution in [1.82, 2.24) is 4.98 Å². The molecule has 0 aliphatic carbocycles. The van der Waals surface area contributed by atoms with Gasteiger partial charge in [0, 0.05) is 41.9 Å². The summed E-state index contributed by atoms with van der Waals surface area (Å²) in [5.41, 5.74) is -0.498. The summed E-state index contributed by atoms with van der Waals surface area (Å²) in [4.78, 5) is 45.3. The van der Waals surface area contributed by atoms with Crippen molar-refractivity contribution in [2.75, 3.05) is 11.5 Å². The second-order valence-electron chi connectivity index (χ2n) is 11.2. The molecule has 5 heterocycles. The van der Waals surface area contributed by atoms with Gasteiger partial charge in [-0.25, -0.2) is 9.69 Å². The van der Waals surface area contributed by atoms with Crippen LogP contribution in [0.4, 0.5) is 5.69 Å². The number of hydrogen-bond donors (Lipinski definition) is 1. The van der Waals surface area contributed by atoms with Gasteiger partial charge in [0.15, 0.2) is 0 Å². The zero-order valence-corrected chi connectivity index (χ0v) is 22.3. The number of carbonyl (C=O) groups excluding carboxylic acids is 2. The van der Waals surface area contributed by atoms with Crippen molar-refractivity contribution >= 4 is 39.4 Å². The van der Waals surface area contributed by atoms with Crippen LogP contribution in [-0.4, -0.2) is 45.8 Å². The number of aliphatic hydroxyl groups excluding tert-OH is 1. The van der Waals surface area contributed by atoms with Crippen LogP contribution in [0.15, 0.2) is 63.9 Å². The highest BCUT2D eigenvalue weighted by atomic mass is 16.6. The smallest absolute Gasteiger partial charge is 0.336 e. The van der Waals surface area contributed by atoms with Crippen molar-refractivity contribution < 1.29 is 28.6 Å². The van der Waals surface area contributed by atoms with E-state index in [4.69, 9.17) is 13.9 Å². The molecule has 206 valence electrons. The number of ether oxygens (including phenoxy) is 2. The molecule has 2 bridgehead atoms. The molecular formula is C31H25N3O7. The number of hydrogen-bond acceptors (Lipinski definition) is 9. The van der Waals surface area contributed by atoms with Crippen LogP contribution in [0.3, 0.4) is 0 Å². The van der Waals surface area contributed by atoms with Crippen molar-refractivity contribution in [2.45, 2.75) is 44.0 Å². The van der Waals surface area contributed by atoms with Crippen molar-refractivity contribution in [3.8, 4) is 11.8 Å². The highest BCUT2D eigenvalue weighted by Gasteiger charge is 2.77. The second-order valence-corrected chi connectivity index (χ2v) is 11.2. The summed E-state index contributed by atoms with van der Waals surface area (Å²) < 4.78 is 17.7. The van der Waals surface area contributed by atoms with E-state index in [-0.39, 0.29) is 19.4 Å². The zero-order valence-electron chi connectivity index (χ0n) is 22.3. The zero-order chi connectivity index (χ0) is 28.7. The van der Waals surface area contributed by atoms with Crippen LogP contribution in [0.2, 0.25) is 0 Å². The third kappa shape index (κ3) is 3.49. The van der Waals surface area contributed by atoms with Gasteiger partial charge in [0.1, 0.15) is 23.0 Å². The molecule has 41 heavy (non-hydrogen) atoms. The predicted molar refractivity (Wildman–Crippen MR) is 146 cm³/mol. The average Bonchev–Trinajstić information content (AvgIpc) is 3.48. The normalized spacial score (nSPS) is 28.4. The standard InChI is InChI=1S/C31H25N3O7/c1-16-12-24(36)40-22-13-18(6-7-19(16)22)39-11-9-31-14-23(35)30(2,41-31)25-26(31)29(38)34(28(25)37)21-8-5-17(15-32)27-20(21)4-3-10-33-27/h3-8,10,12-13,23,25-26,35H,9,11,14H2,1-2H3. The first-order valence-corrected chi connectivity index (χ1v) is 13.4. The fraction of sp³-hybridized carbons (Fsp3) is 0.323. The molecule has 7 rings (SSSR count). The number of amides is 2. The lowest BCUT2D eigenvalue weighted by atomic mass is 9.66. The van der Waals surface area contributed by atoms with E-state index in [2.05, 4.69) is 11.1 Å². The van der Waals surface area contributed by atoms with Gasteiger partial charge < -0.3 is 19.0 Å². The Hall–Kier alpha value is -4.59. The van der Waals surface area contributed by atoms with E-state index in [9.17, 15) is 24.8 Å². The fourth-order valence-electron chi connectivity index (χ4n) is 7.04. The predicted octanol–water partition coefficient (Wildman–Crippen LogP) is 3.39. The number of imide groups is 1.